The first-order valence-electron chi connectivity index (χ1n) is 9.69. The van der Waals surface area contributed by atoms with Crippen LogP contribution in [0.3, 0.4) is 0 Å². The number of carbonyl (C=O) groups is 2. The van der Waals surface area contributed by atoms with Crippen LogP contribution in [0, 0.1) is 0 Å². The molecule has 2 rings (SSSR count). The van der Waals surface area contributed by atoms with Gasteiger partial charge in [0.25, 0.3) is 0 Å². The molecule has 1 aromatic carbocycles. The molecule has 7 heteroatoms. The second-order valence-corrected chi connectivity index (χ2v) is 7.47. The smallest absolute Gasteiger partial charge is 0 e. The summed E-state index contributed by atoms with van der Waals surface area (Å²) in [6, 6.07) is 7.23. The monoisotopic (exact) mass is 681 g/mol. The number of anilines is 2. The standard InChI is InChI=1S/C21H28N3O2Te.Au/c1-3-4-5-6-7-8-9-10-20(25)22-17-11-13-18(14-12-17)24-21(26)19(15-27)16(2)23-24;/h11-15H,3-10H2,1-2H3,(H,22,25);/b19-15+;. The van der Waals surface area contributed by atoms with Crippen molar-refractivity contribution in [2.75, 3.05) is 10.3 Å². The molecule has 0 bridgehead atoms. The number of unbranched alkanes of at least 4 members (excludes halogenated alkanes) is 6. The van der Waals surface area contributed by atoms with E-state index in [4.69, 9.17) is 0 Å². The summed E-state index contributed by atoms with van der Waals surface area (Å²) in [5, 5.41) is 8.63. The van der Waals surface area contributed by atoms with Gasteiger partial charge in [-0.15, -0.1) is 0 Å². The van der Waals surface area contributed by atoms with Crippen LogP contribution in [-0.4, -0.2) is 39.8 Å². The van der Waals surface area contributed by atoms with Gasteiger partial charge in [-0.2, -0.15) is 0 Å². The largest absolute Gasteiger partial charge is 0 e. The minimum atomic E-state index is -0.117. The number of nitrogens with one attached hydrogen (secondary N) is 1. The average molecular weight is 679 g/mol. The summed E-state index contributed by atoms with van der Waals surface area (Å²) in [5.41, 5.74) is 2.79. The molecule has 0 saturated heterocycles. The van der Waals surface area contributed by atoms with Gasteiger partial charge in [-0.05, 0) is 0 Å². The Hall–Kier alpha value is -0.900. The van der Waals surface area contributed by atoms with Crippen molar-refractivity contribution in [3.63, 3.8) is 0 Å². The van der Waals surface area contributed by atoms with Gasteiger partial charge >= 0.3 is 130 Å². The van der Waals surface area contributed by atoms with Crippen LogP contribution < -0.4 is 10.3 Å². The van der Waals surface area contributed by atoms with Crippen molar-refractivity contribution in [3.05, 3.63) is 34.0 Å². The molecule has 5 nitrogen and oxygen atoms in total. The van der Waals surface area contributed by atoms with Gasteiger partial charge in [0.1, 0.15) is 0 Å². The summed E-state index contributed by atoms with van der Waals surface area (Å²) < 4.78 is 1.79. The van der Waals surface area contributed by atoms with E-state index >= 15 is 0 Å². The topological polar surface area (TPSA) is 61.8 Å². The number of carbonyl (C=O) groups excluding carboxylic acids is 2. The number of amides is 2. The number of hydrazone groups is 1. The zero-order valence-electron chi connectivity index (χ0n) is 16.5. The zero-order valence-corrected chi connectivity index (χ0v) is 21.0. The number of hydrogen-bond acceptors (Lipinski definition) is 3. The molecule has 156 valence electrons. The Labute approximate surface area is 196 Å². The Morgan fingerprint density at radius 1 is 1.11 bits per heavy atom. The van der Waals surface area contributed by atoms with Crippen LogP contribution in [0.4, 0.5) is 11.4 Å². The third kappa shape index (κ3) is 7.50. The first-order valence-corrected chi connectivity index (χ1v) is 11.0. The molecule has 2 radical (unpaired) electrons. The molecular formula is C21H28AuN3O2Te. The van der Waals surface area contributed by atoms with Gasteiger partial charge in [-0.25, -0.2) is 0 Å². The Bertz CT molecular complexity index is 717. The Balaban J connectivity index is 0.00000392. The van der Waals surface area contributed by atoms with E-state index in [1.54, 1.807) is 38.6 Å². The molecule has 1 aliphatic heterocycles. The predicted octanol–water partition coefficient (Wildman–Crippen LogP) is 4.54. The minimum absolute atomic E-state index is 0. The fourth-order valence-corrected chi connectivity index (χ4v) is 3.76. The molecule has 1 aliphatic rings. The van der Waals surface area contributed by atoms with Crippen molar-refractivity contribution in [3.8, 4) is 0 Å². The molecule has 0 fully saturated rings. The fourth-order valence-electron chi connectivity index (χ4n) is 2.98. The van der Waals surface area contributed by atoms with E-state index in [2.05, 4.69) is 17.3 Å². The molecule has 1 N–H and O–H groups in total. The molecule has 0 unspecified atom stereocenters. The molecule has 1 heterocycles. The van der Waals surface area contributed by atoms with Gasteiger partial charge in [0.15, 0.2) is 0 Å². The van der Waals surface area contributed by atoms with Crippen molar-refractivity contribution < 1.29 is 32.0 Å². The van der Waals surface area contributed by atoms with Crippen LogP contribution in [-0.2, 0) is 32.0 Å². The van der Waals surface area contributed by atoms with E-state index in [1.807, 2.05) is 19.1 Å². The second-order valence-electron chi connectivity index (χ2n) is 6.80. The molecule has 28 heavy (non-hydrogen) atoms. The quantitative estimate of drug-likeness (QED) is 0.225. The molecule has 0 aromatic heterocycles. The maximum atomic E-state index is 12.3. The van der Waals surface area contributed by atoms with Crippen molar-refractivity contribution in [2.45, 2.75) is 65.2 Å². The molecule has 1 aromatic rings. The van der Waals surface area contributed by atoms with E-state index in [0.717, 1.165) is 24.2 Å². The van der Waals surface area contributed by atoms with Gasteiger partial charge in [0, 0.05) is 22.4 Å². The third-order valence-corrected chi connectivity index (χ3v) is 5.26. The van der Waals surface area contributed by atoms with Gasteiger partial charge in [0.05, 0.1) is 0 Å². The summed E-state index contributed by atoms with van der Waals surface area (Å²) in [5.74, 6) is -0.0765. The predicted molar refractivity (Wildman–Crippen MR) is 112 cm³/mol. The van der Waals surface area contributed by atoms with Crippen molar-refractivity contribution in [2.24, 2.45) is 5.10 Å². The van der Waals surface area contributed by atoms with E-state index in [-0.39, 0.29) is 34.2 Å². The summed E-state index contributed by atoms with van der Waals surface area (Å²) in [7, 11) is 0. The van der Waals surface area contributed by atoms with Crippen molar-refractivity contribution in [1.82, 2.24) is 0 Å². The molecule has 0 saturated carbocycles. The maximum Gasteiger partial charge on any atom is 0 e. The van der Waals surface area contributed by atoms with E-state index in [1.165, 1.54) is 37.1 Å². The first-order chi connectivity index (χ1) is 13.1. The molecule has 0 atom stereocenters. The van der Waals surface area contributed by atoms with Gasteiger partial charge in [0.2, 0.25) is 0 Å². The Morgan fingerprint density at radius 3 is 2.29 bits per heavy atom. The van der Waals surface area contributed by atoms with Crippen molar-refractivity contribution >= 4 is 51.2 Å². The first kappa shape index (κ1) is 25.1. The Kier molecular flexibility index (Phi) is 12.0. The number of nitrogens with zero attached hydrogens (tertiary/aromatic N) is 2. The Morgan fingerprint density at radius 2 is 1.71 bits per heavy atom. The molecular weight excluding hydrogens is 651 g/mol. The van der Waals surface area contributed by atoms with E-state index < -0.39 is 0 Å². The van der Waals surface area contributed by atoms with Crippen molar-refractivity contribution in [1.29, 1.82) is 0 Å². The molecule has 0 spiro atoms. The minimum Gasteiger partial charge on any atom is 0 e. The van der Waals surface area contributed by atoms with E-state index in [0.29, 0.717) is 17.7 Å². The number of hydrogen-bond donors (Lipinski definition) is 1. The average Bonchev–Trinajstić information content (AvgIpc) is 2.95. The SMILES string of the molecule is CCCCCCCCCC(=O)Nc1ccc(N2N=C(C)/C(=C\[Te])C2=O)cc1.[Au]. The molecule has 2 amide bonds. The maximum absolute atomic E-state index is 12.3. The third-order valence-electron chi connectivity index (χ3n) is 4.58. The van der Waals surface area contributed by atoms with Crippen LogP contribution in [0.5, 0.6) is 0 Å². The molecule has 0 aliphatic carbocycles. The van der Waals surface area contributed by atoms with Gasteiger partial charge in [-0.1, -0.05) is 45.4 Å². The fraction of sp³-hybridized carbons (Fsp3) is 0.476. The van der Waals surface area contributed by atoms with Crippen LogP contribution in [0.15, 0.2) is 39.1 Å². The van der Waals surface area contributed by atoms with Crippen LogP contribution in [0.2, 0.25) is 0 Å². The van der Waals surface area contributed by atoms with Crippen LogP contribution >= 0.6 is 0 Å². The van der Waals surface area contributed by atoms with Gasteiger partial charge in [-0.3, -0.25) is 0 Å². The normalized spacial score (nSPS) is 14.8. The van der Waals surface area contributed by atoms with Gasteiger partial charge < -0.3 is 0 Å². The summed E-state index contributed by atoms with van der Waals surface area (Å²) >= 11 is 1.76. The zero-order chi connectivity index (χ0) is 19.6. The van der Waals surface area contributed by atoms with Crippen LogP contribution in [0.1, 0.15) is 65.2 Å². The summed E-state index contributed by atoms with van der Waals surface area (Å²) in [6.45, 7) is 4.04. The van der Waals surface area contributed by atoms with Crippen LogP contribution in [0.25, 0.3) is 0 Å². The summed E-state index contributed by atoms with van der Waals surface area (Å²) in [4.78, 5) is 24.4. The number of benzene rings is 1. The summed E-state index contributed by atoms with van der Waals surface area (Å²) in [6.07, 6.45) is 8.93. The van der Waals surface area contributed by atoms with E-state index in [9.17, 15) is 9.59 Å². The second kappa shape index (κ2) is 13.3. The number of rotatable bonds is 10.